The van der Waals surface area contributed by atoms with E-state index in [1.807, 2.05) is 0 Å². The number of carbonyl (C=O) groups excluding carboxylic acids is 1. The van der Waals surface area contributed by atoms with Gasteiger partial charge >= 0.3 is 0 Å². The van der Waals surface area contributed by atoms with Crippen LogP contribution >= 0.6 is 27.5 Å². The maximum atomic E-state index is 11.8. The highest BCUT2D eigenvalue weighted by atomic mass is 79.9. The topological polar surface area (TPSA) is 46.3 Å². The molecule has 80 valence electrons. The van der Waals surface area contributed by atoms with Gasteiger partial charge in [-0.25, -0.2) is 0 Å². The molecule has 1 saturated heterocycles. The van der Waals surface area contributed by atoms with Gasteiger partial charge in [-0.3, -0.25) is 4.79 Å². The SMILES string of the molecule is NC1CN(C(=O)c2ccc(Br)c(Cl)c2)C1. The first kappa shape index (κ1) is 10.9. The summed E-state index contributed by atoms with van der Waals surface area (Å²) in [7, 11) is 0. The van der Waals surface area contributed by atoms with Crippen LogP contribution in [0.15, 0.2) is 22.7 Å². The molecule has 0 aromatic heterocycles. The highest BCUT2D eigenvalue weighted by Crippen LogP contribution is 2.24. The molecule has 5 heteroatoms. The highest BCUT2D eigenvalue weighted by molar-refractivity contribution is 9.10. The Morgan fingerprint density at radius 1 is 1.53 bits per heavy atom. The lowest BCUT2D eigenvalue weighted by molar-refractivity contribution is 0.0608. The second kappa shape index (κ2) is 4.12. The fourth-order valence-electron chi connectivity index (χ4n) is 1.49. The largest absolute Gasteiger partial charge is 0.335 e. The van der Waals surface area contributed by atoms with Crippen molar-refractivity contribution in [3.05, 3.63) is 33.3 Å². The molecule has 1 aliphatic heterocycles. The minimum absolute atomic E-state index is 0.00824. The first-order valence-corrected chi connectivity index (χ1v) is 5.75. The van der Waals surface area contributed by atoms with Gasteiger partial charge in [0.1, 0.15) is 0 Å². The van der Waals surface area contributed by atoms with Crippen LogP contribution in [0.4, 0.5) is 0 Å². The number of benzene rings is 1. The summed E-state index contributed by atoms with van der Waals surface area (Å²) < 4.78 is 0.793. The van der Waals surface area contributed by atoms with Crippen molar-refractivity contribution < 1.29 is 4.79 Å². The summed E-state index contributed by atoms with van der Waals surface area (Å²) in [6.07, 6.45) is 0. The summed E-state index contributed by atoms with van der Waals surface area (Å²) in [5.41, 5.74) is 6.22. The van der Waals surface area contributed by atoms with Crippen LogP contribution in [-0.2, 0) is 0 Å². The van der Waals surface area contributed by atoms with Crippen LogP contribution < -0.4 is 5.73 Å². The molecule has 1 aliphatic rings. The molecular weight excluding hydrogens is 279 g/mol. The van der Waals surface area contributed by atoms with E-state index in [1.54, 1.807) is 23.1 Å². The Labute approximate surface area is 101 Å². The Morgan fingerprint density at radius 3 is 2.73 bits per heavy atom. The third-order valence-electron chi connectivity index (χ3n) is 2.36. The number of nitrogens with two attached hydrogens (primary N) is 1. The zero-order valence-corrected chi connectivity index (χ0v) is 10.3. The van der Waals surface area contributed by atoms with E-state index in [2.05, 4.69) is 15.9 Å². The second-order valence-corrected chi connectivity index (χ2v) is 4.86. The number of hydrogen-bond acceptors (Lipinski definition) is 2. The van der Waals surface area contributed by atoms with E-state index in [1.165, 1.54) is 0 Å². The van der Waals surface area contributed by atoms with Crippen LogP contribution in [0.2, 0.25) is 5.02 Å². The van der Waals surface area contributed by atoms with Gasteiger partial charge in [-0.1, -0.05) is 11.6 Å². The van der Waals surface area contributed by atoms with E-state index < -0.39 is 0 Å². The fraction of sp³-hybridized carbons (Fsp3) is 0.300. The smallest absolute Gasteiger partial charge is 0.254 e. The van der Waals surface area contributed by atoms with E-state index >= 15 is 0 Å². The average Bonchev–Trinajstić information content (AvgIpc) is 2.16. The Bertz CT molecular complexity index is 404. The summed E-state index contributed by atoms with van der Waals surface area (Å²) in [6, 6.07) is 5.31. The first-order valence-electron chi connectivity index (χ1n) is 4.58. The van der Waals surface area contributed by atoms with E-state index in [4.69, 9.17) is 17.3 Å². The number of amides is 1. The Balaban J connectivity index is 2.16. The molecule has 1 fully saturated rings. The minimum Gasteiger partial charge on any atom is -0.335 e. The zero-order valence-electron chi connectivity index (χ0n) is 7.91. The van der Waals surface area contributed by atoms with Crippen molar-refractivity contribution in [3.8, 4) is 0 Å². The number of halogens is 2. The molecular formula is C10H10BrClN2O. The number of carbonyl (C=O) groups is 1. The molecule has 0 unspecified atom stereocenters. The lowest BCUT2D eigenvalue weighted by atomic mass is 10.1. The molecule has 1 heterocycles. The van der Waals surface area contributed by atoms with E-state index in [-0.39, 0.29) is 11.9 Å². The number of nitrogens with zero attached hydrogens (tertiary/aromatic N) is 1. The quantitative estimate of drug-likeness (QED) is 0.858. The second-order valence-electron chi connectivity index (χ2n) is 3.60. The molecule has 0 saturated carbocycles. The maximum absolute atomic E-state index is 11.8. The van der Waals surface area contributed by atoms with Crippen LogP contribution in [0.5, 0.6) is 0 Å². The lowest BCUT2D eigenvalue weighted by Gasteiger charge is -2.36. The number of hydrogen-bond donors (Lipinski definition) is 1. The fourth-order valence-corrected chi connectivity index (χ4v) is 1.92. The van der Waals surface area contributed by atoms with Crippen LogP contribution in [0, 0.1) is 0 Å². The molecule has 0 bridgehead atoms. The van der Waals surface area contributed by atoms with E-state index in [0.717, 1.165) is 4.47 Å². The van der Waals surface area contributed by atoms with Gasteiger partial charge in [0.15, 0.2) is 0 Å². The van der Waals surface area contributed by atoms with Crippen molar-refractivity contribution >= 4 is 33.4 Å². The lowest BCUT2D eigenvalue weighted by Crippen LogP contribution is -2.57. The Kier molecular flexibility index (Phi) is 3.00. The van der Waals surface area contributed by atoms with Gasteiger partial charge in [-0.2, -0.15) is 0 Å². The van der Waals surface area contributed by atoms with Crippen LogP contribution in [-0.4, -0.2) is 29.9 Å². The third-order valence-corrected chi connectivity index (χ3v) is 3.60. The number of likely N-dealkylation sites (tertiary alicyclic amines) is 1. The molecule has 0 spiro atoms. The van der Waals surface area contributed by atoms with E-state index in [0.29, 0.717) is 23.7 Å². The van der Waals surface area contributed by atoms with Crippen molar-refractivity contribution in [2.24, 2.45) is 5.73 Å². The van der Waals surface area contributed by atoms with Crippen LogP contribution in [0.3, 0.4) is 0 Å². The number of rotatable bonds is 1. The summed E-state index contributed by atoms with van der Waals surface area (Å²) in [6.45, 7) is 1.26. The van der Waals surface area contributed by atoms with Gasteiger partial charge in [-0.05, 0) is 34.1 Å². The molecule has 1 aromatic carbocycles. The molecule has 0 radical (unpaired) electrons. The highest BCUT2D eigenvalue weighted by Gasteiger charge is 2.28. The summed E-state index contributed by atoms with van der Waals surface area (Å²) >= 11 is 9.19. The van der Waals surface area contributed by atoms with Crippen molar-refractivity contribution in [2.45, 2.75) is 6.04 Å². The van der Waals surface area contributed by atoms with Crippen LogP contribution in [0.1, 0.15) is 10.4 Å². The van der Waals surface area contributed by atoms with Gasteiger partial charge in [0.25, 0.3) is 5.91 Å². The normalized spacial score (nSPS) is 16.3. The van der Waals surface area contributed by atoms with Gasteiger partial charge in [0, 0.05) is 29.2 Å². The summed E-state index contributed by atoms with van der Waals surface area (Å²) in [5, 5.41) is 0.547. The van der Waals surface area contributed by atoms with Gasteiger partial charge in [-0.15, -0.1) is 0 Å². The van der Waals surface area contributed by atoms with E-state index in [9.17, 15) is 4.79 Å². The average molecular weight is 290 g/mol. The van der Waals surface area contributed by atoms with Crippen molar-refractivity contribution in [3.63, 3.8) is 0 Å². The Morgan fingerprint density at radius 2 is 2.20 bits per heavy atom. The van der Waals surface area contributed by atoms with Crippen molar-refractivity contribution in [1.82, 2.24) is 4.90 Å². The summed E-state index contributed by atoms with van der Waals surface area (Å²) in [4.78, 5) is 13.5. The molecule has 1 aromatic rings. The van der Waals surface area contributed by atoms with Crippen molar-refractivity contribution in [2.75, 3.05) is 13.1 Å². The van der Waals surface area contributed by atoms with Gasteiger partial charge < -0.3 is 10.6 Å². The minimum atomic E-state index is -0.00824. The third kappa shape index (κ3) is 2.17. The maximum Gasteiger partial charge on any atom is 0.254 e. The summed E-state index contributed by atoms with van der Waals surface area (Å²) in [5.74, 6) is -0.00824. The standard InChI is InChI=1S/C10H10BrClN2O/c11-8-2-1-6(3-9(8)12)10(15)14-4-7(13)5-14/h1-3,7H,4-5,13H2. The molecule has 2 N–H and O–H groups in total. The molecule has 3 nitrogen and oxygen atoms in total. The molecule has 0 atom stereocenters. The molecule has 0 aliphatic carbocycles. The van der Waals surface area contributed by atoms with Crippen molar-refractivity contribution in [1.29, 1.82) is 0 Å². The molecule has 2 rings (SSSR count). The molecule has 1 amide bonds. The monoisotopic (exact) mass is 288 g/mol. The van der Waals surface area contributed by atoms with Gasteiger partial charge in [0.05, 0.1) is 5.02 Å². The Hall–Kier alpha value is -0.580. The predicted molar refractivity (Wildman–Crippen MR) is 63.0 cm³/mol. The van der Waals surface area contributed by atoms with Gasteiger partial charge in [0.2, 0.25) is 0 Å². The first-order chi connectivity index (χ1) is 7.08. The predicted octanol–water partition coefficient (Wildman–Crippen LogP) is 1.89. The molecule has 15 heavy (non-hydrogen) atoms. The van der Waals surface area contributed by atoms with Crippen LogP contribution in [0.25, 0.3) is 0 Å². The zero-order chi connectivity index (χ0) is 11.0.